The van der Waals surface area contributed by atoms with E-state index in [4.69, 9.17) is 4.74 Å². The molecule has 0 bridgehead atoms. The van der Waals surface area contributed by atoms with Gasteiger partial charge in [-0.25, -0.2) is 17.2 Å². The summed E-state index contributed by atoms with van der Waals surface area (Å²) < 4.78 is 59.9. The third-order valence-electron chi connectivity index (χ3n) is 4.16. The third-order valence-corrected chi connectivity index (χ3v) is 4.77. The van der Waals surface area contributed by atoms with Gasteiger partial charge in [0.05, 0.1) is 6.26 Å². The lowest BCUT2D eigenvalue weighted by Gasteiger charge is -2.16. The SMILES string of the molecule is CNc1cc(-c2cc(NS(C)(=O)=O)ccc2Oc2ccc(F)cc2F)cn(C)c1=O. The van der Waals surface area contributed by atoms with Crippen molar-refractivity contribution < 1.29 is 21.9 Å². The summed E-state index contributed by atoms with van der Waals surface area (Å²) in [6, 6.07) is 8.87. The lowest BCUT2D eigenvalue weighted by molar-refractivity contribution is 0.439. The standard InChI is InChI=1S/C20H19F2N3O4S/c1-23-17-8-12(11-25(2)20(17)26)15-10-14(24-30(3,27)28)5-7-18(15)29-19-6-4-13(21)9-16(19)22/h4-11,23-24H,1-3H3. The molecule has 0 aliphatic carbocycles. The van der Waals surface area contributed by atoms with Crippen molar-refractivity contribution in [2.75, 3.05) is 23.3 Å². The number of aryl methyl sites for hydroxylation is 1. The van der Waals surface area contributed by atoms with Gasteiger partial charge in [0.2, 0.25) is 10.0 Å². The van der Waals surface area contributed by atoms with Gasteiger partial charge in [-0.1, -0.05) is 0 Å². The van der Waals surface area contributed by atoms with Gasteiger partial charge < -0.3 is 14.6 Å². The van der Waals surface area contributed by atoms with E-state index in [1.165, 1.54) is 29.0 Å². The van der Waals surface area contributed by atoms with Gasteiger partial charge in [0.1, 0.15) is 17.3 Å². The van der Waals surface area contributed by atoms with Crippen LogP contribution in [0.25, 0.3) is 11.1 Å². The molecule has 0 radical (unpaired) electrons. The van der Waals surface area contributed by atoms with Crippen molar-refractivity contribution >= 4 is 21.4 Å². The van der Waals surface area contributed by atoms with Crippen LogP contribution in [0.2, 0.25) is 0 Å². The highest BCUT2D eigenvalue weighted by Gasteiger charge is 2.15. The zero-order valence-electron chi connectivity index (χ0n) is 16.4. The third kappa shape index (κ3) is 4.77. The fourth-order valence-electron chi connectivity index (χ4n) is 2.84. The fourth-order valence-corrected chi connectivity index (χ4v) is 3.39. The van der Waals surface area contributed by atoms with E-state index in [1.807, 2.05) is 0 Å². The van der Waals surface area contributed by atoms with E-state index in [2.05, 4.69) is 10.0 Å². The Kier molecular flexibility index (Phi) is 5.79. The van der Waals surface area contributed by atoms with Crippen LogP contribution < -0.4 is 20.3 Å². The second-order valence-corrected chi connectivity index (χ2v) is 8.32. The highest BCUT2D eigenvalue weighted by molar-refractivity contribution is 7.92. The molecule has 3 aromatic rings. The molecule has 0 aliphatic rings. The number of nitrogens with one attached hydrogen (secondary N) is 2. The number of aromatic nitrogens is 1. The molecule has 0 aliphatic heterocycles. The maximum Gasteiger partial charge on any atom is 0.273 e. The van der Waals surface area contributed by atoms with Crippen molar-refractivity contribution in [2.24, 2.45) is 7.05 Å². The molecule has 30 heavy (non-hydrogen) atoms. The van der Waals surface area contributed by atoms with E-state index in [0.29, 0.717) is 22.9 Å². The number of rotatable bonds is 6. The van der Waals surface area contributed by atoms with Crippen molar-refractivity contribution in [2.45, 2.75) is 0 Å². The molecule has 3 rings (SSSR count). The number of nitrogens with zero attached hydrogens (tertiary/aromatic N) is 1. The van der Waals surface area contributed by atoms with Crippen LogP contribution in [0, 0.1) is 11.6 Å². The molecule has 0 atom stereocenters. The first kappa shape index (κ1) is 21.3. The molecule has 2 aromatic carbocycles. The summed E-state index contributed by atoms with van der Waals surface area (Å²) in [4.78, 5) is 12.2. The van der Waals surface area contributed by atoms with Crippen molar-refractivity contribution in [1.82, 2.24) is 4.57 Å². The topological polar surface area (TPSA) is 89.4 Å². The predicted molar refractivity (Wildman–Crippen MR) is 112 cm³/mol. The number of anilines is 2. The molecule has 158 valence electrons. The molecule has 1 aromatic heterocycles. The maximum atomic E-state index is 14.1. The number of ether oxygens (including phenoxy) is 1. The molecule has 2 N–H and O–H groups in total. The summed E-state index contributed by atoms with van der Waals surface area (Å²) in [6.07, 6.45) is 2.55. The molecule has 0 spiro atoms. The average Bonchev–Trinajstić information content (AvgIpc) is 2.66. The van der Waals surface area contributed by atoms with Crippen molar-refractivity contribution in [3.63, 3.8) is 0 Å². The number of pyridine rings is 1. The lowest BCUT2D eigenvalue weighted by Crippen LogP contribution is -2.19. The number of hydrogen-bond donors (Lipinski definition) is 2. The van der Waals surface area contributed by atoms with Gasteiger partial charge in [-0.3, -0.25) is 9.52 Å². The molecule has 0 saturated carbocycles. The predicted octanol–water partition coefficient (Wildman–Crippen LogP) is 3.54. The Bertz CT molecular complexity index is 1270. The number of halogens is 2. The molecule has 7 nitrogen and oxygen atoms in total. The van der Waals surface area contributed by atoms with E-state index in [-0.39, 0.29) is 22.7 Å². The normalized spacial score (nSPS) is 11.2. The minimum Gasteiger partial charge on any atom is -0.454 e. The summed E-state index contributed by atoms with van der Waals surface area (Å²) in [5.74, 6) is -1.67. The van der Waals surface area contributed by atoms with Crippen LogP contribution in [-0.4, -0.2) is 26.3 Å². The molecule has 0 saturated heterocycles. The largest absolute Gasteiger partial charge is 0.454 e. The van der Waals surface area contributed by atoms with Crippen LogP contribution in [0.4, 0.5) is 20.2 Å². The first-order valence-electron chi connectivity index (χ1n) is 8.71. The van der Waals surface area contributed by atoms with Gasteiger partial charge in [-0.15, -0.1) is 0 Å². The molecule has 1 heterocycles. The minimum atomic E-state index is -3.55. The van der Waals surface area contributed by atoms with Crippen LogP contribution in [0.5, 0.6) is 11.5 Å². The van der Waals surface area contributed by atoms with Gasteiger partial charge in [-0.2, -0.15) is 0 Å². The van der Waals surface area contributed by atoms with Crippen LogP contribution in [0.1, 0.15) is 0 Å². The number of benzene rings is 2. The second-order valence-electron chi connectivity index (χ2n) is 6.57. The summed E-state index contributed by atoms with van der Waals surface area (Å²) >= 11 is 0. The Morgan fingerprint density at radius 2 is 1.73 bits per heavy atom. The monoisotopic (exact) mass is 435 g/mol. The molecular formula is C20H19F2N3O4S. The smallest absolute Gasteiger partial charge is 0.273 e. The van der Waals surface area contributed by atoms with Crippen molar-refractivity contribution in [3.05, 3.63) is 70.6 Å². The first-order chi connectivity index (χ1) is 14.1. The van der Waals surface area contributed by atoms with Gasteiger partial charge in [0.15, 0.2) is 11.6 Å². The van der Waals surface area contributed by atoms with Crippen LogP contribution in [-0.2, 0) is 17.1 Å². The lowest BCUT2D eigenvalue weighted by atomic mass is 10.0. The second kappa shape index (κ2) is 8.15. The zero-order valence-corrected chi connectivity index (χ0v) is 17.2. The first-order valence-corrected chi connectivity index (χ1v) is 10.6. The van der Waals surface area contributed by atoms with E-state index in [9.17, 15) is 22.0 Å². The van der Waals surface area contributed by atoms with Gasteiger partial charge in [0, 0.05) is 43.2 Å². The quantitative estimate of drug-likeness (QED) is 0.618. The van der Waals surface area contributed by atoms with Crippen LogP contribution >= 0.6 is 0 Å². The van der Waals surface area contributed by atoms with Crippen LogP contribution in [0.15, 0.2) is 53.5 Å². The number of sulfonamides is 1. The molecule has 0 unspecified atom stereocenters. The Labute approximate surface area is 172 Å². The fraction of sp³-hybridized carbons (Fsp3) is 0.150. The Balaban J connectivity index is 2.17. The Hall–Kier alpha value is -3.40. The summed E-state index contributed by atoms with van der Waals surface area (Å²) in [6.45, 7) is 0. The van der Waals surface area contributed by atoms with Crippen molar-refractivity contribution in [1.29, 1.82) is 0 Å². The van der Waals surface area contributed by atoms with Gasteiger partial charge in [0.25, 0.3) is 5.56 Å². The zero-order chi connectivity index (χ0) is 22.1. The molecule has 0 amide bonds. The minimum absolute atomic E-state index is 0.181. The van der Waals surface area contributed by atoms with E-state index in [0.717, 1.165) is 18.4 Å². The van der Waals surface area contributed by atoms with E-state index in [1.54, 1.807) is 20.2 Å². The summed E-state index contributed by atoms with van der Waals surface area (Å²) in [7, 11) is -0.395. The number of hydrogen-bond acceptors (Lipinski definition) is 5. The molecular weight excluding hydrogens is 416 g/mol. The maximum absolute atomic E-state index is 14.1. The van der Waals surface area contributed by atoms with Crippen LogP contribution in [0.3, 0.4) is 0 Å². The average molecular weight is 435 g/mol. The Morgan fingerprint density at radius 3 is 2.37 bits per heavy atom. The summed E-state index contributed by atoms with van der Waals surface area (Å²) in [5, 5.41) is 2.80. The summed E-state index contributed by atoms with van der Waals surface area (Å²) in [5.41, 5.74) is 1.18. The van der Waals surface area contributed by atoms with Gasteiger partial charge >= 0.3 is 0 Å². The van der Waals surface area contributed by atoms with E-state index >= 15 is 0 Å². The highest BCUT2D eigenvalue weighted by Crippen LogP contribution is 2.37. The molecule has 0 fully saturated rings. The van der Waals surface area contributed by atoms with E-state index < -0.39 is 21.7 Å². The van der Waals surface area contributed by atoms with Crippen molar-refractivity contribution in [3.8, 4) is 22.6 Å². The van der Waals surface area contributed by atoms with Gasteiger partial charge in [-0.05, 0) is 36.4 Å². The molecule has 10 heteroatoms. The Morgan fingerprint density at radius 1 is 1.03 bits per heavy atom. The highest BCUT2D eigenvalue weighted by atomic mass is 32.2.